The average molecular weight is 183 g/mol. The summed E-state index contributed by atoms with van der Waals surface area (Å²) in [5.41, 5.74) is 0.836. The van der Waals surface area contributed by atoms with Crippen LogP contribution in [0.5, 0.6) is 0 Å². The molecule has 64 valence electrons. The molecule has 0 fully saturated rings. The van der Waals surface area contributed by atoms with Crippen LogP contribution in [0.4, 0.5) is 0 Å². The van der Waals surface area contributed by atoms with E-state index in [0.717, 1.165) is 5.56 Å². The molecular weight excluding hydrogens is 172 g/mol. The minimum Gasteiger partial charge on any atom is -0.388 e. The molecule has 2 heteroatoms. The lowest BCUT2D eigenvalue weighted by molar-refractivity contribution is 0.181. The van der Waals surface area contributed by atoms with Crippen LogP contribution in [0, 0.1) is 0 Å². The predicted octanol–water partition coefficient (Wildman–Crippen LogP) is 2.95. The van der Waals surface area contributed by atoms with Crippen LogP contribution in [0.2, 0.25) is 5.02 Å². The second kappa shape index (κ2) is 4.29. The molecule has 0 aliphatic carbocycles. The number of hydrogen-bond donors (Lipinski definition) is 1. The van der Waals surface area contributed by atoms with Gasteiger partial charge in [0.05, 0.1) is 6.10 Å². The monoisotopic (exact) mass is 182 g/mol. The summed E-state index contributed by atoms with van der Waals surface area (Å²) < 4.78 is 0. The number of benzene rings is 1. The van der Waals surface area contributed by atoms with Crippen molar-refractivity contribution in [2.45, 2.75) is 12.5 Å². The highest BCUT2D eigenvalue weighted by Crippen LogP contribution is 2.19. The van der Waals surface area contributed by atoms with Gasteiger partial charge in [0.15, 0.2) is 0 Å². The summed E-state index contributed by atoms with van der Waals surface area (Å²) in [6.07, 6.45) is 1.76. The largest absolute Gasteiger partial charge is 0.388 e. The first kappa shape index (κ1) is 9.30. The lowest BCUT2D eigenvalue weighted by Crippen LogP contribution is -1.94. The number of hydrogen-bond acceptors (Lipinski definition) is 1. The van der Waals surface area contributed by atoms with E-state index >= 15 is 0 Å². The van der Waals surface area contributed by atoms with Crippen molar-refractivity contribution in [3.8, 4) is 0 Å². The fourth-order valence-electron chi connectivity index (χ4n) is 1.01. The molecule has 1 rings (SSSR count). The summed E-state index contributed by atoms with van der Waals surface area (Å²) in [5, 5.41) is 10.2. The molecule has 0 bridgehead atoms. The molecule has 1 nitrogen and oxygen atoms in total. The smallest absolute Gasteiger partial charge is 0.0824 e. The summed E-state index contributed by atoms with van der Waals surface area (Å²) in [6, 6.07) is 7.21. The van der Waals surface area contributed by atoms with Crippen molar-refractivity contribution in [3.05, 3.63) is 47.5 Å². The average Bonchev–Trinajstić information content (AvgIpc) is 2.05. The van der Waals surface area contributed by atoms with Crippen molar-refractivity contribution in [3.63, 3.8) is 0 Å². The first-order valence-corrected chi connectivity index (χ1v) is 4.16. The SMILES string of the molecule is C=CC[C@@H](O)c1cccc(Cl)c1. The van der Waals surface area contributed by atoms with E-state index in [-0.39, 0.29) is 0 Å². The highest BCUT2D eigenvalue weighted by Gasteiger charge is 2.04. The van der Waals surface area contributed by atoms with Gasteiger partial charge >= 0.3 is 0 Å². The Hall–Kier alpha value is -0.790. The van der Waals surface area contributed by atoms with E-state index in [9.17, 15) is 5.11 Å². The fourth-order valence-corrected chi connectivity index (χ4v) is 1.21. The second-order valence-electron chi connectivity index (χ2n) is 2.60. The Morgan fingerprint density at radius 3 is 2.92 bits per heavy atom. The molecule has 0 unspecified atom stereocenters. The maximum Gasteiger partial charge on any atom is 0.0824 e. The minimum atomic E-state index is -0.485. The van der Waals surface area contributed by atoms with Crippen molar-refractivity contribution in [2.24, 2.45) is 0 Å². The normalized spacial score (nSPS) is 12.5. The quantitative estimate of drug-likeness (QED) is 0.713. The number of rotatable bonds is 3. The summed E-state index contributed by atoms with van der Waals surface area (Å²) in [4.78, 5) is 0. The molecule has 0 radical (unpaired) electrons. The van der Waals surface area contributed by atoms with Crippen LogP contribution in [-0.4, -0.2) is 5.11 Å². The zero-order valence-electron chi connectivity index (χ0n) is 6.70. The molecule has 0 aromatic heterocycles. The van der Waals surface area contributed by atoms with Crippen LogP contribution in [0.1, 0.15) is 18.1 Å². The molecule has 1 atom stereocenters. The fraction of sp³-hybridized carbons (Fsp3) is 0.200. The van der Waals surface area contributed by atoms with Gasteiger partial charge < -0.3 is 5.11 Å². The summed E-state index contributed by atoms with van der Waals surface area (Å²) >= 11 is 5.75. The number of aliphatic hydroxyl groups is 1. The van der Waals surface area contributed by atoms with Crippen LogP contribution in [-0.2, 0) is 0 Å². The maximum atomic E-state index is 9.52. The summed E-state index contributed by atoms with van der Waals surface area (Å²) in [5.74, 6) is 0. The maximum absolute atomic E-state index is 9.52. The van der Waals surface area contributed by atoms with Crippen LogP contribution in [0.3, 0.4) is 0 Å². The minimum absolute atomic E-state index is 0.485. The van der Waals surface area contributed by atoms with Gasteiger partial charge in [-0.25, -0.2) is 0 Å². The van der Waals surface area contributed by atoms with Crippen LogP contribution >= 0.6 is 11.6 Å². The van der Waals surface area contributed by atoms with Crippen molar-refractivity contribution in [2.75, 3.05) is 0 Å². The van der Waals surface area contributed by atoms with E-state index in [0.29, 0.717) is 11.4 Å². The van der Waals surface area contributed by atoms with Gasteiger partial charge in [-0.1, -0.05) is 29.8 Å². The van der Waals surface area contributed by atoms with Crippen LogP contribution in [0.15, 0.2) is 36.9 Å². The first-order chi connectivity index (χ1) is 5.74. The first-order valence-electron chi connectivity index (χ1n) is 3.78. The van der Waals surface area contributed by atoms with Gasteiger partial charge in [0.2, 0.25) is 0 Å². The highest BCUT2D eigenvalue weighted by molar-refractivity contribution is 6.30. The van der Waals surface area contributed by atoms with Gasteiger partial charge in [0.1, 0.15) is 0 Å². The summed E-state index contributed by atoms with van der Waals surface area (Å²) in [7, 11) is 0. The molecule has 0 aliphatic rings. The Balaban J connectivity index is 2.80. The Labute approximate surface area is 77.3 Å². The molecule has 1 aromatic carbocycles. The van der Waals surface area contributed by atoms with E-state index in [1.54, 1.807) is 18.2 Å². The van der Waals surface area contributed by atoms with Gasteiger partial charge in [-0.15, -0.1) is 6.58 Å². The Morgan fingerprint density at radius 2 is 2.33 bits per heavy atom. The van der Waals surface area contributed by atoms with Gasteiger partial charge in [-0.3, -0.25) is 0 Å². The number of aliphatic hydroxyl groups excluding tert-OH is 1. The third kappa shape index (κ3) is 2.36. The van der Waals surface area contributed by atoms with Crippen molar-refractivity contribution in [1.29, 1.82) is 0 Å². The number of halogens is 1. The molecule has 0 amide bonds. The zero-order valence-corrected chi connectivity index (χ0v) is 7.46. The molecule has 1 aromatic rings. The van der Waals surface area contributed by atoms with Crippen LogP contribution < -0.4 is 0 Å². The van der Waals surface area contributed by atoms with Gasteiger partial charge in [-0.2, -0.15) is 0 Å². The van der Waals surface area contributed by atoms with Gasteiger partial charge in [0.25, 0.3) is 0 Å². The molecule has 0 spiro atoms. The lowest BCUT2D eigenvalue weighted by atomic mass is 10.1. The van der Waals surface area contributed by atoms with Gasteiger partial charge in [0, 0.05) is 5.02 Å². The molecule has 0 aliphatic heterocycles. The van der Waals surface area contributed by atoms with Gasteiger partial charge in [-0.05, 0) is 24.1 Å². The van der Waals surface area contributed by atoms with Crippen molar-refractivity contribution in [1.82, 2.24) is 0 Å². The van der Waals surface area contributed by atoms with Crippen molar-refractivity contribution < 1.29 is 5.11 Å². The second-order valence-corrected chi connectivity index (χ2v) is 3.03. The molecular formula is C10H11ClO. The molecule has 0 heterocycles. The Bertz CT molecular complexity index is 270. The molecule has 1 N–H and O–H groups in total. The van der Waals surface area contributed by atoms with E-state index in [4.69, 9.17) is 11.6 Å². The van der Waals surface area contributed by atoms with Crippen molar-refractivity contribution >= 4 is 11.6 Å². The topological polar surface area (TPSA) is 20.2 Å². The highest BCUT2D eigenvalue weighted by atomic mass is 35.5. The van der Waals surface area contributed by atoms with E-state index in [1.807, 2.05) is 12.1 Å². The third-order valence-corrected chi connectivity index (χ3v) is 1.86. The third-order valence-electron chi connectivity index (χ3n) is 1.62. The van der Waals surface area contributed by atoms with E-state index in [1.165, 1.54) is 0 Å². The Kier molecular flexibility index (Phi) is 3.32. The van der Waals surface area contributed by atoms with E-state index in [2.05, 4.69) is 6.58 Å². The Morgan fingerprint density at radius 1 is 1.58 bits per heavy atom. The molecule has 0 saturated heterocycles. The summed E-state index contributed by atoms with van der Waals surface area (Å²) in [6.45, 7) is 3.56. The molecule has 0 saturated carbocycles. The molecule has 12 heavy (non-hydrogen) atoms. The predicted molar refractivity (Wildman–Crippen MR) is 51.2 cm³/mol. The standard InChI is InChI=1S/C10H11ClO/c1-2-4-10(12)8-5-3-6-9(11)7-8/h2-3,5-7,10,12H,1,4H2/t10-/m1/s1. The lowest BCUT2D eigenvalue weighted by Gasteiger charge is -2.07. The van der Waals surface area contributed by atoms with E-state index < -0.39 is 6.10 Å². The zero-order chi connectivity index (χ0) is 8.97. The van der Waals surface area contributed by atoms with Crippen LogP contribution in [0.25, 0.3) is 0 Å².